The van der Waals surface area contributed by atoms with E-state index in [2.05, 4.69) is 141 Å². The Hall–Kier alpha value is -0.285. The van der Waals surface area contributed by atoms with Gasteiger partial charge in [0.2, 0.25) is 0 Å². The molecule has 0 saturated carbocycles. The highest BCUT2D eigenvalue weighted by Crippen LogP contribution is 2.43. The van der Waals surface area contributed by atoms with Gasteiger partial charge < -0.3 is 0 Å². The fourth-order valence-corrected chi connectivity index (χ4v) is 16.2. The van der Waals surface area contributed by atoms with Gasteiger partial charge in [-0.2, -0.15) is 25.3 Å². The van der Waals surface area contributed by atoms with E-state index in [0.717, 1.165) is 59.2 Å². The first kappa shape index (κ1) is 64.7. The molecule has 0 bridgehead atoms. The number of hydrogen-bond acceptors (Lipinski definition) is 0. The van der Waals surface area contributed by atoms with Crippen LogP contribution in [0, 0.1) is 59.2 Å². The molecule has 2 heteroatoms. The Bertz CT molecular complexity index is 1020. The van der Waals surface area contributed by atoms with E-state index in [1.54, 1.807) is 30.6 Å². The Morgan fingerprint density at radius 1 is 0.338 bits per heavy atom. The summed E-state index contributed by atoms with van der Waals surface area (Å²) in [6.07, 6.45) is 44.1. The molecule has 0 aromatic heterocycles. The largest absolute Gasteiger partial charge is 0.176 e. The standard InChI is InChI=1S/C44H92B.C19H33P/c1-13-21-41(17-5)29-25-37(9)33-45(34-38(10)26-30-42(18-6)22-14-2,35-39(11)27-31-43(19-7)23-15-3)36-40(12)28-32-44(20-8)24-16-4;1-5-11-18(6-2)15-14-17(4)16-20(7-3)19-12-9-8-10-13-19/h37-44H,13-36H2,1-12H3;8-10,12-13,17-18H,5-7,11,14-16H2,1-4H3/q-1;/p+1. The molecule has 11 atom stereocenters. The predicted octanol–water partition coefficient (Wildman–Crippen LogP) is 22.2. The zero-order valence-corrected chi connectivity index (χ0v) is 49.2. The van der Waals surface area contributed by atoms with Crippen LogP contribution in [0.5, 0.6) is 0 Å². The van der Waals surface area contributed by atoms with Crippen molar-refractivity contribution in [2.75, 3.05) is 12.3 Å². The fraction of sp³-hybridized carbons (Fsp3) is 0.905. The summed E-state index contributed by atoms with van der Waals surface area (Å²) >= 11 is 0. The van der Waals surface area contributed by atoms with Gasteiger partial charge in [0.1, 0.15) is 0 Å². The molecule has 0 radical (unpaired) electrons. The first-order chi connectivity index (χ1) is 31.3. The third kappa shape index (κ3) is 31.5. The van der Waals surface area contributed by atoms with Gasteiger partial charge in [-0.25, -0.2) is 0 Å². The molecule has 0 aliphatic heterocycles. The molecule has 0 heterocycles. The van der Waals surface area contributed by atoms with Gasteiger partial charge in [0.15, 0.2) is 0 Å². The van der Waals surface area contributed by atoms with Crippen LogP contribution < -0.4 is 5.30 Å². The van der Waals surface area contributed by atoms with Crippen molar-refractivity contribution >= 4 is 19.4 Å². The highest BCUT2D eigenvalue weighted by molar-refractivity contribution is 7.65. The van der Waals surface area contributed by atoms with Gasteiger partial charge in [0.05, 0.1) is 17.6 Å². The quantitative estimate of drug-likeness (QED) is 0.0453. The molecule has 0 saturated heterocycles. The minimum atomic E-state index is -0.365. The van der Waals surface area contributed by atoms with Gasteiger partial charge in [-0.15, -0.1) is 0 Å². The number of rotatable bonds is 42. The minimum Gasteiger partial charge on any atom is -0.176 e. The molecule has 0 spiro atoms. The maximum absolute atomic E-state index is 2.67. The van der Waals surface area contributed by atoms with E-state index in [1.165, 1.54) is 173 Å². The van der Waals surface area contributed by atoms with Crippen LogP contribution in [0.2, 0.25) is 25.3 Å². The highest BCUT2D eigenvalue weighted by Gasteiger charge is 2.32. The Morgan fingerprint density at radius 2 is 0.600 bits per heavy atom. The molecule has 11 unspecified atom stereocenters. The van der Waals surface area contributed by atoms with Gasteiger partial charge in [-0.3, -0.25) is 0 Å². The molecule has 0 fully saturated rings. The molecular formula is C63H126BP. The lowest BCUT2D eigenvalue weighted by atomic mass is 9.14. The second-order valence-corrected chi connectivity index (χ2v) is 26.8. The maximum Gasteiger partial charge on any atom is 0.0914 e. The van der Waals surface area contributed by atoms with E-state index in [0.29, 0.717) is 0 Å². The van der Waals surface area contributed by atoms with Crippen LogP contribution in [0.3, 0.4) is 0 Å². The van der Waals surface area contributed by atoms with Crippen molar-refractivity contribution in [1.82, 2.24) is 0 Å². The Kier molecular flexibility index (Phi) is 41.3. The molecule has 65 heavy (non-hydrogen) atoms. The summed E-state index contributed by atoms with van der Waals surface area (Å²) in [7, 11) is -0.327. The molecule has 0 nitrogen and oxygen atoms in total. The molecule has 0 aliphatic rings. The lowest BCUT2D eigenvalue weighted by Crippen LogP contribution is -2.41. The normalized spacial score (nSPS) is 18.0. The van der Waals surface area contributed by atoms with Crippen molar-refractivity contribution in [1.29, 1.82) is 0 Å². The molecule has 1 aromatic rings. The zero-order chi connectivity index (χ0) is 48.9. The monoisotopic (exact) mass is 925 g/mol. The number of hydrogen-bond donors (Lipinski definition) is 0. The van der Waals surface area contributed by atoms with Crippen LogP contribution in [0.4, 0.5) is 0 Å². The Labute approximate surface area is 415 Å². The minimum absolute atomic E-state index is 0.327. The third-order valence-electron chi connectivity index (χ3n) is 17.5. The summed E-state index contributed by atoms with van der Waals surface area (Å²) in [5.74, 6) is 9.23. The van der Waals surface area contributed by atoms with Crippen molar-refractivity contribution in [3.63, 3.8) is 0 Å². The van der Waals surface area contributed by atoms with E-state index in [9.17, 15) is 0 Å². The van der Waals surface area contributed by atoms with Gasteiger partial charge >= 0.3 is 0 Å². The lowest BCUT2D eigenvalue weighted by molar-refractivity contribution is 0.368. The summed E-state index contributed by atoms with van der Waals surface area (Å²) in [4.78, 5) is 0. The second-order valence-electron chi connectivity index (χ2n) is 23.9. The molecule has 1 aromatic carbocycles. The van der Waals surface area contributed by atoms with Crippen molar-refractivity contribution in [2.45, 2.75) is 297 Å². The zero-order valence-electron chi connectivity index (χ0n) is 48.2. The summed E-state index contributed by atoms with van der Waals surface area (Å²) in [5.41, 5.74) is 0. The van der Waals surface area contributed by atoms with Crippen LogP contribution >= 0.6 is 7.92 Å². The molecule has 1 rings (SSSR count). The number of benzene rings is 1. The highest BCUT2D eigenvalue weighted by atomic mass is 31.1. The molecule has 386 valence electrons. The van der Waals surface area contributed by atoms with E-state index >= 15 is 0 Å². The second kappa shape index (κ2) is 41.5. The van der Waals surface area contributed by atoms with E-state index in [-0.39, 0.29) is 14.1 Å². The fourth-order valence-electron chi connectivity index (χ4n) is 13.5. The summed E-state index contributed by atoms with van der Waals surface area (Å²) in [5, 5.41) is 1.63. The SMILES string of the molecule is CCCC(CC)CCC(C)C[B-](CC(C)CCC(CC)CCC)(CC(C)CCC(CC)CCC)CC(C)CCC(CC)CCC.CCCC(CC)CCC(C)C[PH+](CC)c1ccccc1. The van der Waals surface area contributed by atoms with Gasteiger partial charge in [-0.1, -0.05) is 300 Å². The average molecular weight is 925 g/mol. The van der Waals surface area contributed by atoms with Crippen molar-refractivity contribution in [3.05, 3.63) is 30.3 Å². The van der Waals surface area contributed by atoms with E-state index in [1.807, 2.05) is 0 Å². The van der Waals surface area contributed by atoms with Gasteiger partial charge in [0.25, 0.3) is 0 Å². The Balaban J connectivity index is 0.00000169. The summed E-state index contributed by atoms with van der Waals surface area (Å²) in [6.45, 7) is 39.5. The first-order valence-corrected chi connectivity index (χ1v) is 32.3. The Morgan fingerprint density at radius 3 is 0.831 bits per heavy atom. The smallest absolute Gasteiger partial charge is 0.0914 e. The van der Waals surface area contributed by atoms with Crippen LogP contribution in [0.1, 0.15) is 271 Å². The third-order valence-corrected chi connectivity index (χ3v) is 20.7. The average Bonchev–Trinajstić information content (AvgIpc) is 3.30. The van der Waals surface area contributed by atoms with Crippen molar-refractivity contribution < 1.29 is 0 Å². The van der Waals surface area contributed by atoms with Crippen molar-refractivity contribution in [2.24, 2.45) is 59.2 Å². The van der Waals surface area contributed by atoms with Crippen LogP contribution in [-0.2, 0) is 0 Å². The van der Waals surface area contributed by atoms with Gasteiger partial charge in [-0.05, 0) is 61.0 Å². The molecule has 0 N–H and O–H groups in total. The first-order valence-electron chi connectivity index (χ1n) is 30.4. The van der Waals surface area contributed by atoms with Crippen LogP contribution in [0.25, 0.3) is 0 Å². The molecule has 0 aliphatic carbocycles. The topological polar surface area (TPSA) is 0 Å². The molecule has 0 amide bonds. The summed E-state index contributed by atoms with van der Waals surface area (Å²) < 4.78 is 0. The lowest BCUT2D eigenvalue weighted by Gasteiger charge is -2.48. The predicted molar refractivity (Wildman–Crippen MR) is 310 cm³/mol. The van der Waals surface area contributed by atoms with Crippen molar-refractivity contribution in [3.8, 4) is 0 Å². The van der Waals surface area contributed by atoms with Crippen LogP contribution in [-0.4, -0.2) is 18.5 Å². The van der Waals surface area contributed by atoms with Crippen LogP contribution in [0.15, 0.2) is 30.3 Å². The van der Waals surface area contributed by atoms with E-state index < -0.39 is 0 Å². The summed E-state index contributed by atoms with van der Waals surface area (Å²) in [6, 6.07) is 11.2. The van der Waals surface area contributed by atoms with E-state index in [4.69, 9.17) is 0 Å². The molecular weight excluding hydrogens is 798 g/mol. The van der Waals surface area contributed by atoms with Gasteiger partial charge in [0, 0.05) is 14.1 Å². The maximum atomic E-state index is 2.67.